The number of ketones is 1. The predicted molar refractivity (Wildman–Crippen MR) is 66.6 cm³/mol. The van der Waals surface area contributed by atoms with Crippen LogP contribution < -0.4 is 4.74 Å². The Bertz CT molecular complexity index is 439. The van der Waals surface area contributed by atoms with Gasteiger partial charge in [-0.3, -0.25) is 9.59 Å². The van der Waals surface area contributed by atoms with Crippen LogP contribution in [0, 0.1) is 0 Å². The normalized spacial score (nSPS) is 9.95. The van der Waals surface area contributed by atoms with Crippen LogP contribution in [-0.2, 0) is 14.3 Å². The molecule has 0 radical (unpaired) electrons. The van der Waals surface area contributed by atoms with Gasteiger partial charge in [0, 0.05) is 18.2 Å². The van der Waals surface area contributed by atoms with Crippen molar-refractivity contribution >= 4 is 23.4 Å². The van der Waals surface area contributed by atoms with Crippen LogP contribution in [0.5, 0.6) is 17.2 Å². The van der Waals surface area contributed by atoms with Crippen LogP contribution in [-0.4, -0.2) is 41.1 Å². The Morgan fingerprint density at radius 3 is 2.32 bits per heavy atom. The number of aromatic hydroxyl groups is 2. The minimum absolute atomic E-state index is 0.0314. The van der Waals surface area contributed by atoms with Crippen molar-refractivity contribution in [2.45, 2.75) is 6.42 Å². The van der Waals surface area contributed by atoms with Gasteiger partial charge in [-0.25, -0.2) is 0 Å². The zero-order valence-electron chi connectivity index (χ0n) is 9.97. The van der Waals surface area contributed by atoms with Gasteiger partial charge in [0.1, 0.15) is 36.9 Å². The smallest absolute Gasteiger partial charge is 0.313 e. The molecule has 19 heavy (non-hydrogen) atoms. The summed E-state index contributed by atoms with van der Waals surface area (Å²) in [6.07, 6.45) is -0.365. The Labute approximate surface area is 114 Å². The molecule has 1 aromatic rings. The molecule has 7 heteroatoms. The molecule has 0 bridgehead atoms. The summed E-state index contributed by atoms with van der Waals surface area (Å²) >= 11 is 5.24. The van der Waals surface area contributed by atoms with Gasteiger partial charge in [-0.05, 0) is 0 Å². The third-order valence-electron chi connectivity index (χ3n) is 1.98. The lowest BCUT2D eigenvalue weighted by Crippen LogP contribution is -2.16. The molecule has 0 aliphatic carbocycles. The van der Waals surface area contributed by atoms with Crippen LogP contribution >= 0.6 is 11.6 Å². The van der Waals surface area contributed by atoms with E-state index in [1.54, 1.807) is 0 Å². The summed E-state index contributed by atoms with van der Waals surface area (Å²) in [6.45, 7) is -0.0193. The molecule has 0 saturated heterocycles. The van der Waals surface area contributed by atoms with E-state index in [1.807, 2.05) is 0 Å². The number of hydrogen-bond donors (Lipinski definition) is 2. The fourth-order valence-electron chi connectivity index (χ4n) is 1.23. The number of rotatable bonds is 7. The number of Topliss-reactive ketones (excluding diaryl/α,β-unsaturated/α-hetero) is 1. The zero-order chi connectivity index (χ0) is 14.3. The van der Waals surface area contributed by atoms with Gasteiger partial charge in [-0.15, -0.1) is 11.6 Å². The highest BCUT2D eigenvalue weighted by atomic mass is 35.5. The molecule has 0 aliphatic heterocycles. The van der Waals surface area contributed by atoms with Crippen LogP contribution in [0.1, 0.15) is 6.42 Å². The number of esters is 1. The van der Waals surface area contributed by atoms with Gasteiger partial charge in [-0.2, -0.15) is 0 Å². The van der Waals surface area contributed by atoms with E-state index in [1.165, 1.54) is 12.1 Å². The SMILES string of the molecule is O=C(CCl)CC(=O)OCCOc1cc(O)cc(O)c1. The Kier molecular flexibility index (Phi) is 5.95. The molecular formula is C12H13ClO6. The molecule has 0 heterocycles. The number of phenolic OH excluding ortho intramolecular Hbond substituents is 2. The van der Waals surface area contributed by atoms with Crippen molar-refractivity contribution in [3.8, 4) is 17.2 Å². The minimum atomic E-state index is -0.673. The monoisotopic (exact) mass is 288 g/mol. The van der Waals surface area contributed by atoms with Crippen LogP contribution in [0.3, 0.4) is 0 Å². The lowest BCUT2D eigenvalue weighted by molar-refractivity contribution is -0.146. The highest BCUT2D eigenvalue weighted by molar-refractivity contribution is 6.28. The van der Waals surface area contributed by atoms with Gasteiger partial charge >= 0.3 is 5.97 Å². The van der Waals surface area contributed by atoms with Gasteiger partial charge in [0.05, 0.1) is 5.88 Å². The summed E-state index contributed by atoms with van der Waals surface area (Å²) in [5.41, 5.74) is 0. The Hall–Kier alpha value is -1.95. The Morgan fingerprint density at radius 1 is 1.11 bits per heavy atom. The summed E-state index contributed by atoms with van der Waals surface area (Å²) < 4.78 is 9.87. The van der Waals surface area contributed by atoms with Crippen LogP contribution in [0.25, 0.3) is 0 Å². The van der Waals surface area contributed by atoms with Crippen molar-refractivity contribution < 1.29 is 29.3 Å². The first-order valence-corrected chi connectivity index (χ1v) is 5.94. The second kappa shape index (κ2) is 7.48. The number of alkyl halides is 1. The van der Waals surface area contributed by atoms with Crippen molar-refractivity contribution in [2.75, 3.05) is 19.1 Å². The minimum Gasteiger partial charge on any atom is -0.508 e. The summed E-state index contributed by atoms with van der Waals surface area (Å²) in [5, 5.41) is 18.4. The van der Waals surface area contributed by atoms with Crippen molar-refractivity contribution in [1.82, 2.24) is 0 Å². The maximum Gasteiger partial charge on any atom is 0.313 e. The molecule has 1 aromatic carbocycles. The van der Waals surface area contributed by atoms with Gasteiger partial charge in [0.15, 0.2) is 5.78 Å². The quantitative estimate of drug-likeness (QED) is 0.339. The molecular weight excluding hydrogens is 276 g/mol. The average Bonchev–Trinajstić information content (AvgIpc) is 2.33. The van der Waals surface area contributed by atoms with E-state index in [0.717, 1.165) is 6.07 Å². The van der Waals surface area contributed by atoms with Gasteiger partial charge < -0.3 is 19.7 Å². The van der Waals surface area contributed by atoms with Crippen molar-refractivity contribution in [3.63, 3.8) is 0 Å². The van der Waals surface area contributed by atoms with Crippen molar-refractivity contribution in [1.29, 1.82) is 0 Å². The first-order valence-electron chi connectivity index (χ1n) is 5.40. The summed E-state index contributed by atoms with van der Waals surface area (Å²) in [6, 6.07) is 3.77. The molecule has 0 spiro atoms. The van der Waals surface area contributed by atoms with Gasteiger partial charge in [0.2, 0.25) is 0 Å². The van der Waals surface area contributed by atoms with E-state index in [9.17, 15) is 19.8 Å². The third-order valence-corrected chi connectivity index (χ3v) is 2.28. The topological polar surface area (TPSA) is 93.1 Å². The summed E-state index contributed by atoms with van der Waals surface area (Å²) in [7, 11) is 0. The molecule has 1 rings (SSSR count). The molecule has 104 valence electrons. The van der Waals surface area contributed by atoms with Gasteiger partial charge in [-0.1, -0.05) is 0 Å². The standard InChI is InChI=1S/C12H13ClO6/c13-7-10(16)6-12(17)19-2-1-18-11-4-8(14)3-9(15)5-11/h3-5,14-15H,1-2,6-7H2. The van der Waals surface area contributed by atoms with Crippen LogP contribution in [0.15, 0.2) is 18.2 Å². The zero-order valence-corrected chi connectivity index (χ0v) is 10.7. The fraction of sp³-hybridized carbons (Fsp3) is 0.333. The number of ether oxygens (including phenoxy) is 2. The molecule has 0 amide bonds. The van der Waals surface area contributed by atoms with E-state index < -0.39 is 11.8 Å². The molecule has 0 unspecified atom stereocenters. The largest absolute Gasteiger partial charge is 0.508 e. The molecule has 0 saturated carbocycles. The molecule has 0 atom stereocenters. The number of carbonyl (C=O) groups excluding carboxylic acids is 2. The van der Waals surface area contributed by atoms with Crippen LogP contribution in [0.4, 0.5) is 0 Å². The van der Waals surface area contributed by atoms with E-state index in [2.05, 4.69) is 0 Å². The summed E-state index contributed by atoms with van der Waals surface area (Å²) in [5.74, 6) is -1.35. The average molecular weight is 289 g/mol. The predicted octanol–water partition coefficient (Wildman–Crippen LogP) is 1.22. The van der Waals surface area contributed by atoms with E-state index in [0.29, 0.717) is 0 Å². The fourth-order valence-corrected chi connectivity index (χ4v) is 1.32. The van der Waals surface area contributed by atoms with Crippen LogP contribution in [0.2, 0.25) is 0 Å². The maximum absolute atomic E-state index is 11.1. The summed E-state index contributed by atoms with van der Waals surface area (Å²) in [4.78, 5) is 21.9. The van der Waals surface area contributed by atoms with Gasteiger partial charge in [0.25, 0.3) is 0 Å². The van der Waals surface area contributed by atoms with E-state index in [4.69, 9.17) is 21.1 Å². The highest BCUT2D eigenvalue weighted by Crippen LogP contribution is 2.25. The third kappa shape index (κ3) is 5.96. The molecule has 0 fully saturated rings. The Balaban J connectivity index is 2.27. The lowest BCUT2D eigenvalue weighted by Gasteiger charge is -2.07. The number of benzene rings is 1. The van der Waals surface area contributed by atoms with Crippen molar-refractivity contribution in [3.05, 3.63) is 18.2 Å². The maximum atomic E-state index is 11.1. The second-order valence-electron chi connectivity index (χ2n) is 3.60. The highest BCUT2D eigenvalue weighted by Gasteiger charge is 2.09. The second-order valence-corrected chi connectivity index (χ2v) is 3.87. The van der Waals surface area contributed by atoms with E-state index in [-0.39, 0.29) is 42.8 Å². The Morgan fingerprint density at radius 2 is 1.74 bits per heavy atom. The first-order chi connectivity index (χ1) is 9.01. The molecule has 0 aliphatic rings. The number of phenols is 2. The van der Waals surface area contributed by atoms with Crippen molar-refractivity contribution in [2.24, 2.45) is 0 Å². The van der Waals surface area contributed by atoms with E-state index >= 15 is 0 Å². The number of hydrogen-bond acceptors (Lipinski definition) is 6. The first kappa shape index (κ1) is 15.1. The molecule has 6 nitrogen and oxygen atoms in total. The molecule has 2 N–H and O–H groups in total. The molecule has 0 aromatic heterocycles. The number of carbonyl (C=O) groups is 2. The number of halogens is 1. The lowest BCUT2D eigenvalue weighted by atomic mass is 10.3.